The maximum atomic E-state index is 11.9. The third kappa shape index (κ3) is 3.33. The number of hydrogen-bond donors (Lipinski definition) is 3. The van der Waals surface area contributed by atoms with Crippen LogP contribution in [-0.4, -0.2) is 16.0 Å². The fraction of sp³-hybridized carbons (Fsp3) is 0.0667. The number of phenols is 1. The van der Waals surface area contributed by atoms with Gasteiger partial charge < -0.3 is 16.2 Å². The number of thiocarbonyl (C=S) groups is 1. The summed E-state index contributed by atoms with van der Waals surface area (Å²) in [4.78, 5) is 12.3. The van der Waals surface area contributed by atoms with Gasteiger partial charge in [-0.2, -0.15) is 0 Å². The minimum Gasteiger partial charge on any atom is -0.507 e. The van der Waals surface area contributed by atoms with Crippen molar-refractivity contribution in [1.29, 1.82) is 0 Å². The smallest absolute Gasteiger partial charge is 0.255 e. The van der Waals surface area contributed by atoms with E-state index in [1.807, 2.05) is 24.3 Å². The van der Waals surface area contributed by atoms with Crippen molar-refractivity contribution in [1.82, 2.24) is 5.32 Å². The fourth-order valence-electron chi connectivity index (χ4n) is 1.78. The van der Waals surface area contributed by atoms with Crippen LogP contribution >= 0.6 is 12.2 Å². The summed E-state index contributed by atoms with van der Waals surface area (Å²) >= 11 is 4.91. The van der Waals surface area contributed by atoms with E-state index >= 15 is 0 Å². The maximum absolute atomic E-state index is 11.9. The summed E-state index contributed by atoms with van der Waals surface area (Å²) in [5.74, 6) is -0.370. The first-order chi connectivity index (χ1) is 9.58. The second kappa shape index (κ2) is 6.16. The Bertz CT molecular complexity index is 656. The lowest BCUT2D eigenvalue weighted by Gasteiger charge is -2.08. The highest BCUT2D eigenvalue weighted by molar-refractivity contribution is 7.80. The van der Waals surface area contributed by atoms with Gasteiger partial charge in [-0.05, 0) is 23.8 Å². The molecular formula is C15H14N2O2S. The van der Waals surface area contributed by atoms with Crippen molar-refractivity contribution in [3.05, 3.63) is 65.2 Å². The molecule has 0 bridgehead atoms. The van der Waals surface area contributed by atoms with Crippen LogP contribution in [0, 0.1) is 0 Å². The van der Waals surface area contributed by atoms with Crippen LogP contribution in [0.25, 0.3) is 0 Å². The van der Waals surface area contributed by atoms with Crippen molar-refractivity contribution in [2.75, 3.05) is 0 Å². The predicted octanol–water partition coefficient (Wildman–Crippen LogP) is 1.96. The minimum absolute atomic E-state index is 0.0399. The van der Waals surface area contributed by atoms with E-state index in [-0.39, 0.29) is 17.2 Å². The number of nitrogens with one attached hydrogen (secondary N) is 1. The van der Waals surface area contributed by atoms with Crippen molar-refractivity contribution >= 4 is 23.1 Å². The van der Waals surface area contributed by atoms with Gasteiger partial charge in [0, 0.05) is 12.1 Å². The number of rotatable bonds is 4. The molecule has 5 heteroatoms. The van der Waals surface area contributed by atoms with Gasteiger partial charge in [-0.25, -0.2) is 0 Å². The summed E-state index contributed by atoms with van der Waals surface area (Å²) < 4.78 is 0. The molecule has 0 radical (unpaired) electrons. The Kier molecular flexibility index (Phi) is 4.32. The summed E-state index contributed by atoms with van der Waals surface area (Å²) in [5, 5.41) is 12.3. The van der Waals surface area contributed by atoms with E-state index in [0.717, 1.165) is 11.1 Å². The molecule has 0 aliphatic carbocycles. The summed E-state index contributed by atoms with van der Waals surface area (Å²) in [6.45, 7) is 0.337. The van der Waals surface area contributed by atoms with Crippen LogP contribution in [0.3, 0.4) is 0 Å². The second-order valence-electron chi connectivity index (χ2n) is 4.26. The number of hydrogen-bond acceptors (Lipinski definition) is 3. The molecule has 20 heavy (non-hydrogen) atoms. The number of para-hydroxylation sites is 1. The zero-order chi connectivity index (χ0) is 14.5. The molecule has 1 amide bonds. The highest BCUT2D eigenvalue weighted by atomic mass is 32.1. The van der Waals surface area contributed by atoms with E-state index in [2.05, 4.69) is 5.32 Å². The first kappa shape index (κ1) is 14.0. The van der Waals surface area contributed by atoms with Crippen molar-refractivity contribution in [2.45, 2.75) is 6.54 Å². The number of aromatic hydroxyl groups is 1. The van der Waals surface area contributed by atoms with Gasteiger partial charge in [0.1, 0.15) is 10.7 Å². The molecule has 0 aliphatic rings. The van der Waals surface area contributed by atoms with Crippen LogP contribution in [0.4, 0.5) is 0 Å². The molecule has 0 spiro atoms. The zero-order valence-corrected chi connectivity index (χ0v) is 11.5. The van der Waals surface area contributed by atoms with Crippen LogP contribution in [0.2, 0.25) is 0 Å². The van der Waals surface area contributed by atoms with Gasteiger partial charge in [0.2, 0.25) is 0 Å². The van der Waals surface area contributed by atoms with Crippen molar-refractivity contribution in [2.24, 2.45) is 5.73 Å². The average Bonchev–Trinajstić information content (AvgIpc) is 2.45. The topological polar surface area (TPSA) is 75.3 Å². The molecule has 2 aromatic carbocycles. The lowest BCUT2D eigenvalue weighted by molar-refractivity contribution is 0.0948. The quantitative estimate of drug-likeness (QED) is 0.751. The number of nitrogens with two attached hydrogens (primary N) is 1. The van der Waals surface area contributed by atoms with Gasteiger partial charge in [-0.15, -0.1) is 0 Å². The lowest BCUT2D eigenvalue weighted by Crippen LogP contribution is -2.23. The highest BCUT2D eigenvalue weighted by Gasteiger charge is 2.09. The predicted molar refractivity (Wildman–Crippen MR) is 81.6 cm³/mol. The van der Waals surface area contributed by atoms with Crippen LogP contribution in [0.1, 0.15) is 21.5 Å². The Hall–Kier alpha value is -2.40. The minimum atomic E-state index is -0.330. The molecular weight excluding hydrogens is 272 g/mol. The first-order valence-corrected chi connectivity index (χ1v) is 6.43. The van der Waals surface area contributed by atoms with Crippen LogP contribution in [0.15, 0.2) is 48.5 Å². The van der Waals surface area contributed by atoms with Crippen molar-refractivity contribution < 1.29 is 9.90 Å². The van der Waals surface area contributed by atoms with Gasteiger partial charge in [0.15, 0.2) is 0 Å². The standard InChI is InChI=1S/C15H14N2O2S/c16-14(20)11-5-3-4-10(8-11)9-17-15(19)12-6-1-2-7-13(12)18/h1-8,18H,9H2,(H2,16,20)(H,17,19). The monoisotopic (exact) mass is 286 g/mol. The third-order valence-corrected chi connectivity index (χ3v) is 3.05. The molecule has 0 fully saturated rings. The summed E-state index contributed by atoms with van der Waals surface area (Å²) in [6.07, 6.45) is 0. The Morgan fingerprint density at radius 3 is 2.65 bits per heavy atom. The van der Waals surface area contributed by atoms with Crippen LogP contribution in [-0.2, 0) is 6.54 Å². The molecule has 2 rings (SSSR count). The van der Waals surface area contributed by atoms with Gasteiger partial charge >= 0.3 is 0 Å². The maximum Gasteiger partial charge on any atom is 0.255 e. The molecule has 102 valence electrons. The Labute approximate surface area is 122 Å². The third-order valence-electron chi connectivity index (χ3n) is 2.81. The van der Waals surface area contributed by atoms with Crippen LogP contribution in [0.5, 0.6) is 5.75 Å². The fourth-order valence-corrected chi connectivity index (χ4v) is 1.90. The molecule has 0 aromatic heterocycles. The first-order valence-electron chi connectivity index (χ1n) is 6.03. The Morgan fingerprint density at radius 1 is 1.20 bits per heavy atom. The van der Waals surface area contributed by atoms with Gasteiger partial charge in [-0.1, -0.05) is 42.5 Å². The molecule has 0 saturated carbocycles. The number of carbonyl (C=O) groups is 1. The second-order valence-corrected chi connectivity index (χ2v) is 4.70. The number of amides is 1. The zero-order valence-electron chi connectivity index (χ0n) is 10.7. The molecule has 4 nitrogen and oxygen atoms in total. The lowest BCUT2D eigenvalue weighted by atomic mass is 10.1. The number of phenolic OH excluding ortho intramolecular Hbond substituents is 1. The van der Waals surface area contributed by atoms with E-state index in [4.69, 9.17) is 18.0 Å². The molecule has 0 saturated heterocycles. The van der Waals surface area contributed by atoms with E-state index in [0.29, 0.717) is 11.5 Å². The van der Waals surface area contributed by atoms with Gasteiger partial charge in [0.05, 0.1) is 5.56 Å². The molecule has 0 unspecified atom stereocenters. The molecule has 0 aliphatic heterocycles. The SMILES string of the molecule is NC(=S)c1cccc(CNC(=O)c2ccccc2O)c1. The van der Waals surface area contributed by atoms with Crippen molar-refractivity contribution in [3.8, 4) is 5.75 Å². The van der Waals surface area contributed by atoms with Crippen LogP contribution < -0.4 is 11.1 Å². The number of benzene rings is 2. The molecule has 2 aromatic rings. The normalized spacial score (nSPS) is 10.0. The van der Waals surface area contributed by atoms with E-state index in [1.165, 1.54) is 6.07 Å². The average molecular weight is 286 g/mol. The molecule has 0 heterocycles. The van der Waals surface area contributed by atoms with Gasteiger partial charge in [-0.3, -0.25) is 4.79 Å². The van der Waals surface area contributed by atoms with E-state index in [1.54, 1.807) is 18.2 Å². The Morgan fingerprint density at radius 2 is 1.95 bits per heavy atom. The van der Waals surface area contributed by atoms with E-state index in [9.17, 15) is 9.90 Å². The summed E-state index contributed by atoms with van der Waals surface area (Å²) in [5.41, 5.74) is 7.46. The van der Waals surface area contributed by atoms with E-state index < -0.39 is 0 Å². The van der Waals surface area contributed by atoms with Crippen molar-refractivity contribution in [3.63, 3.8) is 0 Å². The van der Waals surface area contributed by atoms with Gasteiger partial charge in [0.25, 0.3) is 5.91 Å². The molecule has 4 N–H and O–H groups in total. The molecule has 0 atom stereocenters. The highest BCUT2D eigenvalue weighted by Crippen LogP contribution is 2.15. The Balaban J connectivity index is 2.06. The largest absolute Gasteiger partial charge is 0.507 e. The number of carbonyl (C=O) groups excluding carboxylic acids is 1. The summed E-state index contributed by atoms with van der Waals surface area (Å²) in [6, 6.07) is 13.7. The summed E-state index contributed by atoms with van der Waals surface area (Å²) in [7, 11) is 0.